The van der Waals surface area contributed by atoms with Gasteiger partial charge in [-0.3, -0.25) is 53.8 Å². The second kappa shape index (κ2) is 22.1. The number of methoxy groups -OCH3 is 1. The van der Waals surface area contributed by atoms with Crippen molar-refractivity contribution in [1.29, 1.82) is 0 Å². The summed E-state index contributed by atoms with van der Waals surface area (Å²) < 4.78 is 6.64. The number of carbonyl (C=O) groups excluding carboxylic acids is 5. The topological polar surface area (TPSA) is 254 Å². The third kappa shape index (κ3) is 11.4. The molecule has 8 rings (SSSR count). The van der Waals surface area contributed by atoms with Gasteiger partial charge < -0.3 is 25.4 Å². The van der Waals surface area contributed by atoms with Gasteiger partial charge in [0.05, 0.1) is 51.1 Å². The molecule has 19 nitrogen and oxygen atoms in total. The lowest BCUT2D eigenvalue weighted by molar-refractivity contribution is -0.385. The molecule has 0 saturated carbocycles. The number of likely N-dealkylation sites (tertiary alicyclic amines) is 2. The second-order valence-electron chi connectivity index (χ2n) is 17.5. The highest BCUT2D eigenvalue weighted by molar-refractivity contribution is 6.43. The zero-order valence-electron chi connectivity index (χ0n) is 40.1. The number of nitro benzene ring substituents is 2. The number of aliphatic imine (C=N–C) groups is 1. The minimum absolute atomic E-state index is 0.0208. The molecular weight excluding hydrogens is 901 g/mol. The number of anilines is 1. The Hall–Kier alpha value is -7.74. The van der Waals surface area contributed by atoms with Crippen molar-refractivity contribution in [2.75, 3.05) is 52.3 Å². The van der Waals surface area contributed by atoms with Crippen LogP contribution in [0.3, 0.4) is 0 Å². The van der Waals surface area contributed by atoms with E-state index in [9.17, 15) is 49.3 Å². The fraction of sp³-hybridized carbons (Fsp3) is 0.333. The Morgan fingerprint density at radius 3 is 1.66 bits per heavy atom. The first-order chi connectivity index (χ1) is 33.2. The fourth-order valence-corrected chi connectivity index (χ4v) is 8.53. The van der Waals surface area contributed by atoms with Crippen LogP contribution >= 0.6 is 0 Å². The number of non-ortho nitro benzene ring substituents is 2. The molecule has 2 fully saturated rings. The molecule has 3 N–H and O–H groups in total. The molecular formula is C51H56N8O11. The molecule has 1 aromatic heterocycles. The number of amides is 2. The number of hydrogen-bond donors (Lipinski definition) is 2. The number of nitrogens with zero attached hydrogens (tertiary/aromatic N) is 7. The van der Waals surface area contributed by atoms with Crippen LogP contribution in [0.15, 0.2) is 89.9 Å². The Kier molecular flexibility index (Phi) is 16.3. The van der Waals surface area contributed by atoms with E-state index >= 15 is 0 Å². The summed E-state index contributed by atoms with van der Waals surface area (Å²) in [5.74, 6) is -1.89. The lowest BCUT2D eigenvalue weighted by Crippen LogP contribution is -2.37. The van der Waals surface area contributed by atoms with Crippen LogP contribution in [0.2, 0.25) is 0 Å². The van der Waals surface area contributed by atoms with Gasteiger partial charge in [0.2, 0.25) is 17.7 Å². The molecule has 0 bridgehead atoms. The molecule has 70 heavy (non-hydrogen) atoms. The van der Waals surface area contributed by atoms with Gasteiger partial charge in [-0.1, -0.05) is 0 Å². The first-order valence-corrected chi connectivity index (χ1v) is 22.6. The average molecular weight is 957 g/mol. The number of ether oxygens (including phenoxy) is 1. The maximum atomic E-state index is 13.0. The van der Waals surface area contributed by atoms with Gasteiger partial charge in [0, 0.05) is 77.4 Å². The Balaban J connectivity index is 0.000000200. The minimum Gasteiger partial charge on any atom is -0.495 e. The number of imide groups is 1. The fourth-order valence-electron chi connectivity index (χ4n) is 8.53. The molecule has 2 amide bonds. The van der Waals surface area contributed by atoms with Gasteiger partial charge in [0.15, 0.2) is 11.6 Å². The maximum Gasteiger partial charge on any atom is 0.269 e. The molecule has 0 radical (unpaired) electrons. The summed E-state index contributed by atoms with van der Waals surface area (Å²) in [5, 5.41) is 33.8. The summed E-state index contributed by atoms with van der Waals surface area (Å²) in [6.45, 7) is 9.57. The summed E-state index contributed by atoms with van der Waals surface area (Å²) in [5.41, 5.74) is 9.44. The van der Waals surface area contributed by atoms with Gasteiger partial charge in [-0.05, 0) is 140 Å². The van der Waals surface area contributed by atoms with E-state index in [1.165, 1.54) is 108 Å². The lowest BCUT2D eigenvalue weighted by Gasteiger charge is -2.27. The van der Waals surface area contributed by atoms with Crippen LogP contribution in [0.1, 0.15) is 101 Å². The van der Waals surface area contributed by atoms with E-state index in [0.717, 1.165) is 30.8 Å². The van der Waals surface area contributed by atoms with Crippen LogP contribution in [-0.4, -0.2) is 124 Å². The second-order valence-corrected chi connectivity index (χ2v) is 17.5. The number of rotatable bonds is 9. The summed E-state index contributed by atoms with van der Waals surface area (Å²) in [7, 11) is 5.56. The van der Waals surface area contributed by atoms with Crippen molar-refractivity contribution in [1.82, 2.24) is 14.4 Å². The number of nitrogens with two attached hydrogens (primary N) is 1. The minimum atomic E-state index is -0.585. The molecule has 4 aromatic carbocycles. The van der Waals surface area contributed by atoms with Gasteiger partial charge in [0.25, 0.3) is 17.3 Å². The van der Waals surface area contributed by atoms with Gasteiger partial charge in [-0.15, -0.1) is 0 Å². The molecule has 4 heterocycles. The van der Waals surface area contributed by atoms with Crippen molar-refractivity contribution < 1.29 is 43.7 Å². The van der Waals surface area contributed by atoms with Crippen LogP contribution in [0.25, 0.3) is 22.2 Å². The predicted molar refractivity (Wildman–Crippen MR) is 265 cm³/mol. The highest BCUT2D eigenvalue weighted by Crippen LogP contribution is 2.42. The monoisotopic (exact) mass is 956 g/mol. The molecule has 2 saturated heterocycles. The Labute approximate surface area is 404 Å². The average Bonchev–Trinajstić information content (AvgIpc) is 3.79. The molecule has 19 heteroatoms. The highest BCUT2D eigenvalue weighted by atomic mass is 16.6. The quantitative estimate of drug-likeness (QED) is 0.0367. The van der Waals surface area contributed by atoms with E-state index < -0.39 is 21.7 Å². The highest BCUT2D eigenvalue weighted by Gasteiger charge is 2.38. The van der Waals surface area contributed by atoms with Crippen LogP contribution in [0.4, 0.5) is 17.1 Å². The largest absolute Gasteiger partial charge is 0.495 e. The number of aromatic nitrogens is 1. The van der Waals surface area contributed by atoms with E-state index in [1.54, 1.807) is 42.5 Å². The normalized spacial score (nSPS) is 16.4. The zero-order valence-corrected chi connectivity index (χ0v) is 40.1. The molecule has 0 aliphatic carbocycles. The predicted octanol–water partition coefficient (Wildman–Crippen LogP) is 7.29. The van der Waals surface area contributed by atoms with Gasteiger partial charge in [-0.25, -0.2) is 4.90 Å². The summed E-state index contributed by atoms with van der Waals surface area (Å²) in [6, 6.07) is 21.5. The van der Waals surface area contributed by atoms with Crippen molar-refractivity contribution in [2.24, 2.45) is 10.7 Å². The van der Waals surface area contributed by atoms with Gasteiger partial charge in [0.1, 0.15) is 5.76 Å². The summed E-state index contributed by atoms with van der Waals surface area (Å²) in [6.07, 6.45) is 3.99. The van der Waals surface area contributed by atoms with Crippen LogP contribution in [-0.2, 0) is 14.3 Å². The Morgan fingerprint density at radius 1 is 0.700 bits per heavy atom. The number of nitro groups is 2. The number of fused-ring (bicyclic) bond motifs is 2. The smallest absolute Gasteiger partial charge is 0.269 e. The number of aromatic hydroxyl groups is 1. The SMILES string of the molecule is CC(=O)c1ccc2c(c1)c(C(=NC1CCN(C)CC1)c1ccc([N+](=O)[O-])cc1)c(O)n2C(C)=O.CN1CCC(N)CC1.CO/C(=C1\C(=O)N(C(C)=O)c2ccc(C(C)=O)cc21)c1ccc([N+](=O)[O-])cc1. The molecule has 0 atom stereocenters. The van der Waals surface area contributed by atoms with E-state index in [1.807, 2.05) is 7.05 Å². The molecule has 366 valence electrons. The zero-order chi connectivity index (χ0) is 51.1. The third-order valence-corrected chi connectivity index (χ3v) is 12.4. The van der Waals surface area contributed by atoms with E-state index in [0.29, 0.717) is 61.7 Å². The van der Waals surface area contributed by atoms with Crippen LogP contribution in [0.5, 0.6) is 5.88 Å². The van der Waals surface area contributed by atoms with Crippen molar-refractivity contribution >= 4 is 74.3 Å². The van der Waals surface area contributed by atoms with E-state index in [4.69, 9.17) is 15.5 Å². The molecule has 0 spiro atoms. The van der Waals surface area contributed by atoms with E-state index in [2.05, 4.69) is 16.8 Å². The van der Waals surface area contributed by atoms with Crippen molar-refractivity contribution in [3.63, 3.8) is 0 Å². The number of carbonyl (C=O) groups is 5. The number of piperidine rings is 2. The van der Waals surface area contributed by atoms with Crippen molar-refractivity contribution in [3.8, 4) is 5.88 Å². The molecule has 5 aromatic rings. The lowest BCUT2D eigenvalue weighted by atomic mass is 9.97. The van der Waals surface area contributed by atoms with Gasteiger partial charge in [-0.2, -0.15) is 0 Å². The Bertz CT molecular complexity index is 2910. The summed E-state index contributed by atoms with van der Waals surface area (Å²) in [4.78, 5) is 92.9. The van der Waals surface area contributed by atoms with Crippen molar-refractivity contribution in [2.45, 2.75) is 65.5 Å². The molecule has 3 aliphatic rings. The number of ketones is 2. The number of Topliss-reactive ketones (excluding diaryl/α,β-unsaturated/α-hetero) is 2. The first kappa shape index (κ1) is 51.6. The number of benzene rings is 4. The molecule has 0 unspecified atom stereocenters. The summed E-state index contributed by atoms with van der Waals surface area (Å²) >= 11 is 0. The first-order valence-electron chi connectivity index (χ1n) is 22.6. The molecule has 3 aliphatic heterocycles. The van der Waals surface area contributed by atoms with Gasteiger partial charge >= 0.3 is 0 Å². The Morgan fingerprint density at radius 2 is 1.19 bits per heavy atom. The standard InChI is InChI=1S/C25H26N4O5.C20H16N2O6.C6H14N2/c1-15(30)18-6-9-22-21(14-18)23(25(32)28(22)16(2)31)24(26-19-10-12-27(3)13-11-19)17-4-7-20(8-5-17)29(33)34;1-11(23)14-6-9-17-16(10-14)18(20(25)21(17)12(2)24)19(28-3)13-4-7-15(8-5-13)22(26)27;1-8-4-2-6(7)3-5-8/h4-9,14,19,32H,10-13H2,1-3H3;4-10H,1-3H3;6H,2-5,7H2,1H3/b;19-18-;. The number of hydrogen-bond acceptors (Lipinski definition) is 15. The van der Waals surface area contributed by atoms with Crippen LogP contribution < -0.4 is 10.6 Å². The van der Waals surface area contributed by atoms with Crippen molar-refractivity contribution in [3.05, 3.63) is 139 Å². The third-order valence-electron chi connectivity index (χ3n) is 12.4. The maximum absolute atomic E-state index is 13.0. The van der Waals surface area contributed by atoms with E-state index in [-0.39, 0.29) is 52.1 Å². The van der Waals surface area contributed by atoms with Crippen LogP contribution in [0, 0.1) is 20.2 Å².